The van der Waals surface area contributed by atoms with Crippen molar-refractivity contribution in [2.24, 2.45) is 11.7 Å². The first-order valence-electron chi connectivity index (χ1n) is 9.36. The lowest BCUT2D eigenvalue weighted by Crippen LogP contribution is -2.46. The van der Waals surface area contributed by atoms with Gasteiger partial charge in [0.2, 0.25) is 5.91 Å². The Balaban J connectivity index is 0.00000196. The van der Waals surface area contributed by atoms with E-state index in [1.54, 1.807) is 6.20 Å². The molecule has 8 heteroatoms. The zero-order valence-corrected chi connectivity index (χ0v) is 18.1. The van der Waals surface area contributed by atoms with E-state index in [2.05, 4.69) is 10.3 Å². The molecule has 1 atom stereocenters. The number of nitrogens with one attached hydrogen (secondary N) is 1. The van der Waals surface area contributed by atoms with Gasteiger partial charge in [-0.3, -0.25) is 4.79 Å². The molecule has 28 heavy (non-hydrogen) atoms. The lowest BCUT2D eigenvalue weighted by atomic mass is 9.84. The van der Waals surface area contributed by atoms with Crippen LogP contribution in [-0.2, 0) is 11.2 Å². The van der Waals surface area contributed by atoms with Gasteiger partial charge < -0.3 is 15.5 Å². The molecular weight excluding hydrogens is 421 g/mol. The molecule has 3 rings (SSSR count). The fraction of sp³-hybridized carbons (Fsp3) is 0.500. The number of carbonyl (C=O) groups is 1. The van der Waals surface area contributed by atoms with Crippen LogP contribution in [0.15, 0.2) is 34.9 Å². The molecule has 0 saturated heterocycles. The Labute approximate surface area is 183 Å². The summed E-state index contributed by atoms with van der Waals surface area (Å²) >= 11 is 6.18. The second-order valence-corrected chi connectivity index (χ2v) is 7.31. The number of hydrogen-bond donors (Lipinski definition) is 2. The minimum absolute atomic E-state index is 0. The summed E-state index contributed by atoms with van der Waals surface area (Å²) in [5, 5.41) is 3.72. The Morgan fingerprint density at radius 1 is 1.25 bits per heavy atom. The summed E-state index contributed by atoms with van der Waals surface area (Å²) in [6.07, 6.45) is 8.52. The molecule has 5 nitrogen and oxygen atoms in total. The van der Waals surface area contributed by atoms with E-state index in [1.165, 1.54) is 19.3 Å². The second kappa shape index (κ2) is 12.3. The van der Waals surface area contributed by atoms with Gasteiger partial charge in [-0.15, -0.1) is 24.8 Å². The summed E-state index contributed by atoms with van der Waals surface area (Å²) in [6.45, 7) is 0.492. The number of aryl methyl sites for hydroxylation is 1. The number of nitrogens with two attached hydrogens (primary N) is 1. The van der Waals surface area contributed by atoms with Gasteiger partial charge in [0.1, 0.15) is 0 Å². The summed E-state index contributed by atoms with van der Waals surface area (Å²) in [5.41, 5.74) is 6.69. The van der Waals surface area contributed by atoms with Crippen LogP contribution >= 0.6 is 36.4 Å². The Kier molecular flexibility index (Phi) is 10.9. The summed E-state index contributed by atoms with van der Waals surface area (Å²) in [6, 6.07) is 7.54. The van der Waals surface area contributed by atoms with Gasteiger partial charge in [-0.05, 0) is 30.9 Å². The summed E-state index contributed by atoms with van der Waals surface area (Å²) in [7, 11) is 0. The van der Waals surface area contributed by atoms with Crippen molar-refractivity contribution in [2.45, 2.75) is 51.0 Å². The maximum absolute atomic E-state index is 12.3. The summed E-state index contributed by atoms with van der Waals surface area (Å²) < 4.78 is 5.75. The average Bonchev–Trinajstić information content (AvgIpc) is 3.14. The quantitative estimate of drug-likeness (QED) is 0.638. The van der Waals surface area contributed by atoms with Crippen molar-refractivity contribution in [2.75, 3.05) is 6.54 Å². The third-order valence-electron chi connectivity index (χ3n) is 5.08. The number of oxazole rings is 1. The number of carbonyl (C=O) groups excluding carboxylic acids is 1. The monoisotopic (exact) mass is 447 g/mol. The van der Waals surface area contributed by atoms with Crippen LogP contribution in [0.5, 0.6) is 0 Å². The van der Waals surface area contributed by atoms with E-state index in [1.807, 2.05) is 24.3 Å². The van der Waals surface area contributed by atoms with Crippen molar-refractivity contribution < 1.29 is 9.21 Å². The van der Waals surface area contributed by atoms with Crippen molar-refractivity contribution in [3.05, 3.63) is 41.4 Å². The molecule has 1 saturated carbocycles. The molecule has 1 aliphatic carbocycles. The first-order valence-corrected chi connectivity index (χ1v) is 9.74. The first kappa shape index (κ1) is 24.8. The summed E-state index contributed by atoms with van der Waals surface area (Å²) in [4.78, 5) is 16.6. The van der Waals surface area contributed by atoms with Crippen molar-refractivity contribution in [3.8, 4) is 11.3 Å². The molecule has 0 aliphatic heterocycles. The van der Waals surface area contributed by atoms with E-state index in [-0.39, 0.29) is 36.8 Å². The highest BCUT2D eigenvalue weighted by atomic mass is 35.5. The van der Waals surface area contributed by atoms with E-state index in [4.69, 9.17) is 21.8 Å². The predicted molar refractivity (Wildman–Crippen MR) is 117 cm³/mol. The Hall–Kier alpha value is -1.27. The molecule has 1 aromatic heterocycles. The predicted octanol–water partition coefficient (Wildman–Crippen LogP) is 4.80. The topological polar surface area (TPSA) is 81.1 Å². The normalized spacial score (nSPS) is 15.2. The van der Waals surface area contributed by atoms with Crippen LogP contribution < -0.4 is 11.1 Å². The molecule has 1 aromatic carbocycles. The molecule has 3 N–H and O–H groups in total. The van der Waals surface area contributed by atoms with Crippen molar-refractivity contribution >= 4 is 42.3 Å². The van der Waals surface area contributed by atoms with Crippen LogP contribution in [-0.4, -0.2) is 23.5 Å². The van der Waals surface area contributed by atoms with E-state index in [0.717, 1.165) is 18.4 Å². The minimum Gasteiger partial charge on any atom is -0.441 e. The standard InChI is InChI=1S/C20H26ClN3O2.2ClH/c21-16-9-5-4-8-15(16)18-13-23-20(26-18)11-10-19(25)24-17(12-22)14-6-2-1-3-7-14;;/h4-5,8-9,13-14,17H,1-3,6-7,10-12,22H2,(H,24,25);2*1H. The molecule has 156 valence electrons. The number of benzene rings is 1. The van der Waals surface area contributed by atoms with Crippen LogP contribution in [0.4, 0.5) is 0 Å². The number of rotatable bonds is 7. The zero-order valence-electron chi connectivity index (χ0n) is 15.7. The van der Waals surface area contributed by atoms with Gasteiger partial charge in [0, 0.05) is 31.0 Å². The SMILES string of the molecule is Cl.Cl.NCC(NC(=O)CCc1ncc(-c2ccccc2Cl)o1)C1CCCCC1. The van der Waals surface area contributed by atoms with Crippen LogP contribution in [0.3, 0.4) is 0 Å². The lowest BCUT2D eigenvalue weighted by Gasteiger charge is -2.30. The third kappa shape index (κ3) is 6.66. The van der Waals surface area contributed by atoms with Gasteiger partial charge in [0.25, 0.3) is 0 Å². The maximum Gasteiger partial charge on any atom is 0.220 e. The first-order chi connectivity index (χ1) is 12.7. The molecule has 1 fully saturated rings. The fourth-order valence-electron chi connectivity index (χ4n) is 3.62. The fourth-order valence-corrected chi connectivity index (χ4v) is 3.85. The van der Waals surface area contributed by atoms with Crippen LogP contribution in [0.1, 0.15) is 44.4 Å². The van der Waals surface area contributed by atoms with Crippen molar-refractivity contribution in [3.63, 3.8) is 0 Å². The van der Waals surface area contributed by atoms with E-state index >= 15 is 0 Å². The van der Waals surface area contributed by atoms with Gasteiger partial charge in [-0.25, -0.2) is 4.98 Å². The Bertz CT molecular complexity index is 733. The average molecular weight is 449 g/mol. The molecule has 1 heterocycles. The van der Waals surface area contributed by atoms with E-state index < -0.39 is 0 Å². The van der Waals surface area contributed by atoms with Gasteiger partial charge in [0.05, 0.1) is 11.2 Å². The van der Waals surface area contributed by atoms with Crippen LogP contribution in [0, 0.1) is 5.92 Å². The zero-order chi connectivity index (χ0) is 18.4. The second-order valence-electron chi connectivity index (χ2n) is 6.91. The highest BCUT2D eigenvalue weighted by Gasteiger charge is 2.24. The molecule has 1 aliphatic rings. The lowest BCUT2D eigenvalue weighted by molar-refractivity contribution is -0.122. The number of hydrogen-bond acceptors (Lipinski definition) is 4. The van der Waals surface area contributed by atoms with Crippen molar-refractivity contribution in [1.82, 2.24) is 10.3 Å². The molecule has 0 spiro atoms. The van der Waals surface area contributed by atoms with E-state index in [0.29, 0.717) is 42.0 Å². The number of halogens is 3. The number of aromatic nitrogens is 1. The van der Waals surface area contributed by atoms with Gasteiger partial charge in [-0.2, -0.15) is 0 Å². The van der Waals surface area contributed by atoms with Gasteiger partial charge in [-0.1, -0.05) is 43.0 Å². The largest absolute Gasteiger partial charge is 0.441 e. The molecule has 1 amide bonds. The van der Waals surface area contributed by atoms with Gasteiger partial charge in [0.15, 0.2) is 11.7 Å². The molecule has 1 unspecified atom stereocenters. The number of nitrogens with zero attached hydrogens (tertiary/aromatic N) is 1. The highest BCUT2D eigenvalue weighted by molar-refractivity contribution is 6.33. The third-order valence-corrected chi connectivity index (χ3v) is 5.41. The van der Waals surface area contributed by atoms with E-state index in [9.17, 15) is 4.79 Å². The Morgan fingerprint density at radius 2 is 1.96 bits per heavy atom. The molecular formula is C20H28Cl3N3O2. The van der Waals surface area contributed by atoms with Gasteiger partial charge >= 0.3 is 0 Å². The van der Waals surface area contributed by atoms with Crippen LogP contribution in [0.25, 0.3) is 11.3 Å². The molecule has 2 aromatic rings. The Morgan fingerprint density at radius 3 is 2.64 bits per heavy atom. The van der Waals surface area contributed by atoms with Crippen molar-refractivity contribution in [1.29, 1.82) is 0 Å². The maximum atomic E-state index is 12.3. The minimum atomic E-state index is 0. The summed E-state index contributed by atoms with van der Waals surface area (Å²) in [5.74, 6) is 1.67. The smallest absolute Gasteiger partial charge is 0.220 e. The van der Waals surface area contributed by atoms with Crippen LogP contribution in [0.2, 0.25) is 5.02 Å². The number of amides is 1. The molecule has 0 bridgehead atoms. The molecule has 0 radical (unpaired) electrons. The highest BCUT2D eigenvalue weighted by Crippen LogP contribution is 2.28.